The molecule has 3 heteroatoms. The van der Waals surface area contributed by atoms with Gasteiger partial charge < -0.3 is 5.11 Å². The summed E-state index contributed by atoms with van der Waals surface area (Å²) in [7, 11) is 0. The monoisotopic (exact) mass is 200 g/mol. The first kappa shape index (κ1) is 11.1. The van der Waals surface area contributed by atoms with Gasteiger partial charge in [-0.25, -0.2) is 8.78 Å². The molecule has 0 aromatic heterocycles. The SMILES string of the molecule is CCCC(O)Cc1cc(F)ccc1F. The van der Waals surface area contributed by atoms with Crippen LogP contribution in [0.5, 0.6) is 0 Å². The van der Waals surface area contributed by atoms with Crippen LogP contribution in [0.1, 0.15) is 25.3 Å². The summed E-state index contributed by atoms with van der Waals surface area (Å²) >= 11 is 0. The predicted molar refractivity (Wildman–Crippen MR) is 51.0 cm³/mol. The number of benzene rings is 1. The second-order valence-electron chi connectivity index (χ2n) is 3.38. The van der Waals surface area contributed by atoms with Crippen molar-refractivity contribution in [1.29, 1.82) is 0 Å². The van der Waals surface area contributed by atoms with Crippen LogP contribution in [0.15, 0.2) is 18.2 Å². The first-order chi connectivity index (χ1) is 6.63. The molecule has 14 heavy (non-hydrogen) atoms. The highest BCUT2D eigenvalue weighted by atomic mass is 19.1. The Balaban J connectivity index is 2.70. The molecule has 0 saturated carbocycles. The van der Waals surface area contributed by atoms with Crippen LogP contribution in [0, 0.1) is 11.6 Å². The Morgan fingerprint density at radius 2 is 2.07 bits per heavy atom. The summed E-state index contributed by atoms with van der Waals surface area (Å²) in [4.78, 5) is 0. The van der Waals surface area contributed by atoms with E-state index in [1.807, 2.05) is 6.92 Å². The summed E-state index contributed by atoms with van der Waals surface area (Å²) in [5.74, 6) is -0.924. The Hall–Kier alpha value is -0.960. The van der Waals surface area contributed by atoms with Crippen LogP contribution in [0.3, 0.4) is 0 Å². The molecule has 0 heterocycles. The van der Waals surface area contributed by atoms with E-state index in [1.165, 1.54) is 0 Å². The van der Waals surface area contributed by atoms with Gasteiger partial charge in [-0.1, -0.05) is 13.3 Å². The fourth-order valence-corrected chi connectivity index (χ4v) is 1.39. The minimum absolute atomic E-state index is 0.178. The maximum atomic E-state index is 13.1. The number of hydrogen-bond acceptors (Lipinski definition) is 1. The van der Waals surface area contributed by atoms with Crippen molar-refractivity contribution in [3.05, 3.63) is 35.4 Å². The van der Waals surface area contributed by atoms with E-state index in [1.54, 1.807) is 0 Å². The summed E-state index contributed by atoms with van der Waals surface area (Å²) in [5, 5.41) is 9.43. The van der Waals surface area contributed by atoms with E-state index in [9.17, 15) is 13.9 Å². The molecule has 1 aromatic rings. The molecule has 0 spiro atoms. The molecule has 1 rings (SSSR count). The third kappa shape index (κ3) is 3.07. The van der Waals surface area contributed by atoms with E-state index < -0.39 is 17.7 Å². The quantitative estimate of drug-likeness (QED) is 0.792. The van der Waals surface area contributed by atoms with Gasteiger partial charge in [0.05, 0.1) is 6.10 Å². The van der Waals surface area contributed by atoms with Crippen molar-refractivity contribution in [2.45, 2.75) is 32.3 Å². The molecule has 1 N–H and O–H groups in total. The van der Waals surface area contributed by atoms with Crippen molar-refractivity contribution in [2.24, 2.45) is 0 Å². The molecule has 0 aliphatic heterocycles. The summed E-state index contributed by atoms with van der Waals surface area (Å²) < 4.78 is 25.8. The molecule has 0 aliphatic carbocycles. The van der Waals surface area contributed by atoms with Crippen molar-refractivity contribution < 1.29 is 13.9 Å². The zero-order valence-electron chi connectivity index (χ0n) is 8.13. The van der Waals surface area contributed by atoms with Gasteiger partial charge >= 0.3 is 0 Å². The average Bonchev–Trinajstić information content (AvgIpc) is 2.12. The molecular formula is C11H14F2O. The van der Waals surface area contributed by atoms with Crippen molar-refractivity contribution in [1.82, 2.24) is 0 Å². The van der Waals surface area contributed by atoms with Crippen molar-refractivity contribution in [3.8, 4) is 0 Å². The topological polar surface area (TPSA) is 20.2 Å². The summed E-state index contributed by atoms with van der Waals surface area (Å²) in [6.45, 7) is 1.94. The lowest BCUT2D eigenvalue weighted by molar-refractivity contribution is 0.162. The molecule has 1 nitrogen and oxygen atoms in total. The lowest BCUT2D eigenvalue weighted by Crippen LogP contribution is -2.11. The molecule has 0 amide bonds. The van der Waals surface area contributed by atoms with Crippen LogP contribution in [0.25, 0.3) is 0 Å². The summed E-state index contributed by atoms with van der Waals surface area (Å²) in [5.41, 5.74) is 0.242. The van der Waals surface area contributed by atoms with Crippen LogP contribution >= 0.6 is 0 Å². The van der Waals surface area contributed by atoms with Crippen LogP contribution in [-0.4, -0.2) is 11.2 Å². The van der Waals surface area contributed by atoms with Gasteiger partial charge in [-0.3, -0.25) is 0 Å². The molecular weight excluding hydrogens is 186 g/mol. The second kappa shape index (κ2) is 5.05. The van der Waals surface area contributed by atoms with Crippen molar-refractivity contribution in [2.75, 3.05) is 0 Å². The van der Waals surface area contributed by atoms with Crippen LogP contribution in [-0.2, 0) is 6.42 Å². The van der Waals surface area contributed by atoms with Crippen molar-refractivity contribution in [3.63, 3.8) is 0 Å². The van der Waals surface area contributed by atoms with Crippen LogP contribution < -0.4 is 0 Å². The molecule has 0 aliphatic rings. The molecule has 1 unspecified atom stereocenters. The maximum absolute atomic E-state index is 13.1. The Morgan fingerprint density at radius 1 is 1.36 bits per heavy atom. The minimum atomic E-state index is -0.587. The normalized spacial score (nSPS) is 12.9. The molecule has 0 fully saturated rings. The van der Waals surface area contributed by atoms with Crippen LogP contribution in [0.4, 0.5) is 8.78 Å². The number of hydrogen-bond donors (Lipinski definition) is 1. The Labute approximate surface area is 82.4 Å². The zero-order chi connectivity index (χ0) is 10.6. The number of halogens is 2. The van der Waals surface area contributed by atoms with Gasteiger partial charge in [-0.05, 0) is 30.2 Å². The number of rotatable bonds is 4. The fraction of sp³-hybridized carbons (Fsp3) is 0.455. The Bertz CT molecular complexity index is 299. The molecule has 78 valence electrons. The van der Waals surface area contributed by atoms with E-state index in [2.05, 4.69) is 0 Å². The minimum Gasteiger partial charge on any atom is -0.393 e. The molecule has 0 saturated heterocycles. The predicted octanol–water partition coefficient (Wildman–Crippen LogP) is 2.67. The average molecular weight is 200 g/mol. The maximum Gasteiger partial charge on any atom is 0.126 e. The lowest BCUT2D eigenvalue weighted by atomic mass is 10.0. The highest BCUT2D eigenvalue weighted by molar-refractivity contribution is 5.19. The first-order valence-corrected chi connectivity index (χ1v) is 4.75. The Kier molecular flexibility index (Phi) is 4.01. The standard InChI is InChI=1S/C11H14F2O/c1-2-3-10(14)7-8-6-9(12)4-5-11(8)13/h4-6,10,14H,2-3,7H2,1H3. The zero-order valence-corrected chi connectivity index (χ0v) is 8.13. The third-order valence-corrected chi connectivity index (χ3v) is 2.09. The van der Waals surface area contributed by atoms with Gasteiger partial charge in [0.1, 0.15) is 11.6 Å². The smallest absolute Gasteiger partial charge is 0.126 e. The van der Waals surface area contributed by atoms with Gasteiger partial charge in [0.15, 0.2) is 0 Å². The molecule has 0 bridgehead atoms. The molecule has 1 aromatic carbocycles. The van der Waals surface area contributed by atoms with E-state index in [0.717, 1.165) is 24.6 Å². The molecule has 1 atom stereocenters. The van der Waals surface area contributed by atoms with Crippen molar-refractivity contribution >= 4 is 0 Å². The highest BCUT2D eigenvalue weighted by Crippen LogP contribution is 2.13. The highest BCUT2D eigenvalue weighted by Gasteiger charge is 2.09. The van der Waals surface area contributed by atoms with Gasteiger partial charge in [0.25, 0.3) is 0 Å². The largest absolute Gasteiger partial charge is 0.393 e. The van der Waals surface area contributed by atoms with E-state index in [0.29, 0.717) is 6.42 Å². The van der Waals surface area contributed by atoms with Gasteiger partial charge in [-0.15, -0.1) is 0 Å². The van der Waals surface area contributed by atoms with E-state index in [-0.39, 0.29) is 12.0 Å². The van der Waals surface area contributed by atoms with Gasteiger partial charge in [-0.2, -0.15) is 0 Å². The van der Waals surface area contributed by atoms with E-state index in [4.69, 9.17) is 0 Å². The summed E-state index contributed by atoms with van der Waals surface area (Å²) in [6, 6.07) is 3.29. The van der Waals surface area contributed by atoms with E-state index >= 15 is 0 Å². The van der Waals surface area contributed by atoms with Gasteiger partial charge in [0, 0.05) is 6.42 Å². The fourth-order valence-electron chi connectivity index (χ4n) is 1.39. The van der Waals surface area contributed by atoms with Gasteiger partial charge in [0.2, 0.25) is 0 Å². The number of aliphatic hydroxyl groups is 1. The summed E-state index contributed by atoms with van der Waals surface area (Å²) in [6.07, 6.45) is 1.03. The van der Waals surface area contributed by atoms with Crippen LogP contribution in [0.2, 0.25) is 0 Å². The third-order valence-electron chi connectivity index (χ3n) is 2.09. The first-order valence-electron chi connectivity index (χ1n) is 4.75. The Morgan fingerprint density at radius 3 is 2.71 bits per heavy atom. The number of aliphatic hydroxyl groups excluding tert-OH is 1. The second-order valence-corrected chi connectivity index (χ2v) is 3.38. The lowest BCUT2D eigenvalue weighted by Gasteiger charge is -2.09. The molecule has 0 radical (unpaired) electrons.